The third-order valence-corrected chi connectivity index (χ3v) is 4.55. The molecule has 1 saturated heterocycles. The van der Waals surface area contributed by atoms with Crippen LogP contribution in [0.5, 0.6) is 5.75 Å². The summed E-state index contributed by atoms with van der Waals surface area (Å²) >= 11 is 0. The molecule has 7 heteroatoms. The van der Waals surface area contributed by atoms with Crippen molar-refractivity contribution in [1.82, 2.24) is 19.7 Å². The predicted molar refractivity (Wildman–Crippen MR) is 91.3 cm³/mol. The number of aromatic nitrogens is 3. The number of hydrogen-bond donors (Lipinski definition) is 0. The molecule has 1 aliphatic heterocycles. The van der Waals surface area contributed by atoms with Gasteiger partial charge in [-0.2, -0.15) is 5.10 Å². The van der Waals surface area contributed by atoms with Gasteiger partial charge in [-0.25, -0.2) is 4.98 Å². The van der Waals surface area contributed by atoms with E-state index in [2.05, 4.69) is 15.0 Å². The quantitative estimate of drug-likeness (QED) is 0.852. The number of methoxy groups -OCH3 is 1. The predicted octanol–water partition coefficient (Wildman–Crippen LogP) is 1.56. The van der Waals surface area contributed by atoms with E-state index in [1.165, 1.54) is 0 Å². The molecule has 0 saturated carbocycles. The molecule has 3 heterocycles. The van der Waals surface area contributed by atoms with Crippen molar-refractivity contribution in [1.29, 1.82) is 0 Å². The highest BCUT2D eigenvalue weighted by atomic mass is 16.5. The number of aryl methyl sites for hydroxylation is 1. The van der Waals surface area contributed by atoms with Gasteiger partial charge in [0.25, 0.3) is 5.91 Å². The minimum absolute atomic E-state index is 0.0250. The van der Waals surface area contributed by atoms with Gasteiger partial charge in [0.15, 0.2) is 11.6 Å². The van der Waals surface area contributed by atoms with Gasteiger partial charge in [-0.15, -0.1) is 0 Å². The van der Waals surface area contributed by atoms with E-state index in [1.54, 1.807) is 30.4 Å². The first kappa shape index (κ1) is 16.3. The molecule has 128 valence electrons. The molecule has 2 aromatic heterocycles. The number of ether oxygens (including phenoxy) is 1. The van der Waals surface area contributed by atoms with Gasteiger partial charge < -0.3 is 14.5 Å². The van der Waals surface area contributed by atoms with Crippen molar-refractivity contribution >= 4 is 11.7 Å². The number of hydrogen-bond acceptors (Lipinski definition) is 5. The molecule has 0 unspecified atom stereocenters. The molecule has 7 nitrogen and oxygen atoms in total. The number of rotatable bonds is 4. The Morgan fingerprint density at radius 3 is 2.75 bits per heavy atom. The lowest BCUT2D eigenvalue weighted by molar-refractivity contribution is 0.0709. The van der Waals surface area contributed by atoms with Crippen LogP contribution >= 0.6 is 0 Å². The molecular weight excluding hydrogens is 306 g/mol. The Morgan fingerprint density at radius 2 is 2.12 bits per heavy atom. The summed E-state index contributed by atoms with van der Waals surface area (Å²) in [6, 6.07) is 4.02. The molecular formula is C17H23N5O2. The molecule has 1 aliphatic rings. The van der Waals surface area contributed by atoms with Crippen LogP contribution in [0.3, 0.4) is 0 Å². The molecule has 1 amide bonds. The molecule has 0 bridgehead atoms. The summed E-state index contributed by atoms with van der Waals surface area (Å²) in [7, 11) is 5.35. The molecule has 24 heavy (non-hydrogen) atoms. The molecule has 2 aromatic rings. The summed E-state index contributed by atoms with van der Waals surface area (Å²) in [6.45, 7) is 1.70. The van der Waals surface area contributed by atoms with Crippen LogP contribution in [0.25, 0.3) is 0 Å². The maximum absolute atomic E-state index is 12.5. The zero-order valence-electron chi connectivity index (χ0n) is 14.3. The van der Waals surface area contributed by atoms with Crippen molar-refractivity contribution < 1.29 is 9.53 Å². The van der Waals surface area contributed by atoms with E-state index in [-0.39, 0.29) is 11.9 Å². The Kier molecular flexibility index (Phi) is 4.69. The smallest absolute Gasteiger partial charge is 0.257 e. The minimum atomic E-state index is 0.0250. The number of pyridine rings is 1. The third-order valence-electron chi connectivity index (χ3n) is 4.55. The number of carbonyl (C=O) groups excluding carboxylic acids is 1. The summed E-state index contributed by atoms with van der Waals surface area (Å²) in [5.41, 5.74) is 0.633. The molecule has 0 spiro atoms. The van der Waals surface area contributed by atoms with Crippen LogP contribution in [0.4, 0.5) is 5.82 Å². The number of nitrogens with zero attached hydrogens (tertiary/aromatic N) is 5. The lowest BCUT2D eigenvalue weighted by Gasteiger charge is -2.37. The van der Waals surface area contributed by atoms with E-state index in [0.717, 1.165) is 37.5 Å². The Bertz CT molecular complexity index is 707. The van der Waals surface area contributed by atoms with Crippen molar-refractivity contribution in [2.45, 2.75) is 18.9 Å². The van der Waals surface area contributed by atoms with Crippen molar-refractivity contribution in [3.8, 4) is 5.75 Å². The van der Waals surface area contributed by atoms with Gasteiger partial charge in [0.1, 0.15) is 0 Å². The van der Waals surface area contributed by atoms with Crippen LogP contribution in [-0.2, 0) is 7.05 Å². The van der Waals surface area contributed by atoms with Crippen molar-refractivity contribution in [2.75, 3.05) is 32.1 Å². The van der Waals surface area contributed by atoms with Gasteiger partial charge in [0.05, 0.1) is 18.9 Å². The van der Waals surface area contributed by atoms with E-state index in [0.29, 0.717) is 5.56 Å². The monoisotopic (exact) mass is 329 g/mol. The lowest BCUT2D eigenvalue weighted by Crippen LogP contribution is -2.45. The molecule has 0 N–H and O–H groups in total. The highest BCUT2D eigenvalue weighted by Crippen LogP contribution is 2.28. The standard InChI is InChI=1S/C17H23N5O2/c1-20-12-13(11-19-20)17(23)21(2)14-6-9-22(10-7-14)16-15(24-3)5-4-8-18-16/h4-5,8,11-12,14H,6-7,9-10H2,1-3H3. The van der Waals surface area contributed by atoms with E-state index < -0.39 is 0 Å². The van der Waals surface area contributed by atoms with Crippen LogP contribution in [0, 0.1) is 0 Å². The highest BCUT2D eigenvalue weighted by Gasteiger charge is 2.28. The van der Waals surface area contributed by atoms with E-state index >= 15 is 0 Å². The van der Waals surface area contributed by atoms with Crippen LogP contribution in [-0.4, -0.2) is 58.9 Å². The fraction of sp³-hybridized carbons (Fsp3) is 0.471. The fourth-order valence-corrected chi connectivity index (χ4v) is 3.15. The summed E-state index contributed by atoms with van der Waals surface area (Å²) in [5, 5.41) is 4.07. The largest absolute Gasteiger partial charge is 0.493 e. The number of amides is 1. The normalized spacial score (nSPS) is 15.4. The van der Waals surface area contributed by atoms with Crippen molar-refractivity contribution in [3.05, 3.63) is 36.3 Å². The van der Waals surface area contributed by atoms with Crippen LogP contribution in [0.2, 0.25) is 0 Å². The van der Waals surface area contributed by atoms with Gasteiger partial charge >= 0.3 is 0 Å². The first-order valence-corrected chi connectivity index (χ1v) is 8.10. The molecule has 3 rings (SSSR count). The van der Waals surface area contributed by atoms with Gasteiger partial charge in [0.2, 0.25) is 0 Å². The van der Waals surface area contributed by atoms with E-state index in [4.69, 9.17) is 4.74 Å². The molecule has 1 fully saturated rings. The van der Waals surface area contributed by atoms with Crippen molar-refractivity contribution in [3.63, 3.8) is 0 Å². The summed E-state index contributed by atoms with van der Waals surface area (Å²) in [4.78, 5) is 21.0. The summed E-state index contributed by atoms with van der Waals surface area (Å²) < 4.78 is 7.04. The minimum Gasteiger partial charge on any atom is -0.493 e. The molecule has 0 aliphatic carbocycles. The molecule has 0 radical (unpaired) electrons. The first-order valence-electron chi connectivity index (χ1n) is 8.10. The Balaban J connectivity index is 1.63. The number of carbonyl (C=O) groups is 1. The van der Waals surface area contributed by atoms with Crippen LogP contribution in [0.15, 0.2) is 30.7 Å². The SMILES string of the molecule is COc1cccnc1N1CCC(N(C)C(=O)c2cnn(C)c2)CC1. The molecule has 0 aromatic carbocycles. The topological polar surface area (TPSA) is 63.5 Å². The van der Waals surface area contributed by atoms with E-state index in [9.17, 15) is 4.79 Å². The second-order valence-electron chi connectivity index (χ2n) is 6.07. The third kappa shape index (κ3) is 3.20. The van der Waals surface area contributed by atoms with Crippen molar-refractivity contribution in [2.24, 2.45) is 7.05 Å². The van der Waals surface area contributed by atoms with Gasteiger partial charge in [0, 0.05) is 45.6 Å². The summed E-state index contributed by atoms with van der Waals surface area (Å²) in [6.07, 6.45) is 6.96. The maximum atomic E-state index is 12.5. The van der Waals surface area contributed by atoms with E-state index in [1.807, 2.05) is 31.1 Å². The fourth-order valence-electron chi connectivity index (χ4n) is 3.15. The lowest BCUT2D eigenvalue weighted by atomic mass is 10.0. The van der Waals surface area contributed by atoms with Gasteiger partial charge in [-0.3, -0.25) is 9.48 Å². The second-order valence-corrected chi connectivity index (χ2v) is 6.07. The first-order chi connectivity index (χ1) is 11.6. The average molecular weight is 329 g/mol. The summed E-state index contributed by atoms with van der Waals surface area (Å²) in [5.74, 6) is 1.69. The number of piperidine rings is 1. The Hall–Kier alpha value is -2.57. The average Bonchev–Trinajstić information content (AvgIpc) is 3.07. The Labute approximate surface area is 141 Å². The zero-order valence-corrected chi connectivity index (χ0v) is 14.3. The highest BCUT2D eigenvalue weighted by molar-refractivity contribution is 5.93. The van der Waals surface area contributed by atoms with Gasteiger partial charge in [-0.1, -0.05) is 0 Å². The van der Waals surface area contributed by atoms with Gasteiger partial charge in [-0.05, 0) is 25.0 Å². The zero-order chi connectivity index (χ0) is 17.1. The number of anilines is 1. The maximum Gasteiger partial charge on any atom is 0.257 e. The Morgan fingerprint density at radius 1 is 1.38 bits per heavy atom. The second kappa shape index (κ2) is 6.90. The molecule has 0 atom stereocenters. The van der Waals surface area contributed by atoms with Crippen LogP contribution < -0.4 is 9.64 Å². The van der Waals surface area contributed by atoms with Crippen LogP contribution in [0.1, 0.15) is 23.2 Å².